The van der Waals surface area contributed by atoms with Crippen LogP contribution in [0, 0.1) is 0 Å². The van der Waals surface area contributed by atoms with Gasteiger partial charge in [0.25, 0.3) is 35.4 Å². The molecule has 6 aliphatic rings. The van der Waals surface area contributed by atoms with Crippen molar-refractivity contribution in [2.45, 2.75) is 0 Å². The quantitative estimate of drug-likeness (QED) is 0.126. The van der Waals surface area contributed by atoms with Gasteiger partial charge in [-0.1, -0.05) is 36.4 Å². The highest BCUT2D eigenvalue weighted by molar-refractivity contribution is 6.39. The zero-order valence-corrected chi connectivity index (χ0v) is 44.4. The summed E-state index contributed by atoms with van der Waals surface area (Å²) in [5.74, 6) is -2.61. The van der Waals surface area contributed by atoms with E-state index in [9.17, 15) is 28.8 Å². The summed E-state index contributed by atoms with van der Waals surface area (Å²) in [5, 5.41) is 4.41. The second-order valence-corrected chi connectivity index (χ2v) is 21.1. The van der Waals surface area contributed by atoms with E-state index in [1.165, 1.54) is 14.7 Å². The summed E-state index contributed by atoms with van der Waals surface area (Å²) in [6.07, 6.45) is 0. The smallest absolute Gasteiger partial charge is 0.265 e. The number of morpholine rings is 3. The van der Waals surface area contributed by atoms with Gasteiger partial charge in [0, 0.05) is 139 Å². The first-order chi connectivity index (χ1) is 40.2. The first kappa shape index (κ1) is 49.3. The Balaban J connectivity index is 0.776. The Bertz CT molecular complexity index is 3710. The molecule has 82 heavy (non-hydrogen) atoms. The maximum absolute atomic E-state index is 14.5. The predicted octanol–water partition coefficient (Wildman–Crippen LogP) is 10.5. The number of amides is 6. The lowest BCUT2D eigenvalue weighted by molar-refractivity contribution is 0.0877. The first-order valence-electron chi connectivity index (χ1n) is 27.6. The molecule has 6 heterocycles. The van der Waals surface area contributed by atoms with Gasteiger partial charge in [0.2, 0.25) is 0 Å². The Morgan fingerprint density at radius 3 is 0.780 bits per heavy atom. The molecule has 9 aromatic carbocycles. The van der Waals surface area contributed by atoms with Gasteiger partial charge < -0.3 is 33.8 Å². The van der Waals surface area contributed by atoms with Crippen molar-refractivity contribution < 1.29 is 43.0 Å². The molecule has 3 fully saturated rings. The van der Waals surface area contributed by atoms with Crippen LogP contribution >= 0.6 is 0 Å². The van der Waals surface area contributed by atoms with Crippen LogP contribution in [-0.4, -0.2) is 114 Å². The van der Waals surface area contributed by atoms with Crippen molar-refractivity contribution in [1.29, 1.82) is 0 Å². The van der Waals surface area contributed by atoms with Gasteiger partial charge in [-0.15, -0.1) is 0 Å². The Kier molecular flexibility index (Phi) is 11.7. The van der Waals surface area contributed by atoms with Crippen LogP contribution in [0.25, 0.3) is 32.3 Å². The highest BCUT2D eigenvalue weighted by atomic mass is 16.5. The van der Waals surface area contributed by atoms with Gasteiger partial charge >= 0.3 is 0 Å². The molecule has 16 nitrogen and oxygen atoms in total. The number of hydrogen-bond acceptors (Lipinski definition) is 13. The van der Waals surface area contributed by atoms with Crippen LogP contribution in [-0.2, 0) is 14.2 Å². The van der Waals surface area contributed by atoms with Gasteiger partial charge in [-0.05, 0) is 127 Å². The molecule has 15 rings (SSSR count). The minimum atomic E-state index is -0.436. The van der Waals surface area contributed by atoms with E-state index in [4.69, 9.17) is 14.2 Å². The Morgan fingerprint density at radius 2 is 0.524 bits per heavy atom. The van der Waals surface area contributed by atoms with Gasteiger partial charge in [-0.2, -0.15) is 0 Å². The highest BCUT2D eigenvalue weighted by Crippen LogP contribution is 2.44. The zero-order valence-electron chi connectivity index (χ0n) is 44.4. The lowest BCUT2D eigenvalue weighted by Crippen LogP contribution is -2.41. The van der Waals surface area contributed by atoms with Crippen molar-refractivity contribution in [3.05, 3.63) is 197 Å². The van der Waals surface area contributed by atoms with E-state index in [1.54, 1.807) is 72.8 Å². The number of carbonyl (C=O) groups is 6. The lowest BCUT2D eigenvalue weighted by atomic mass is 9.92. The van der Waals surface area contributed by atoms with Gasteiger partial charge in [-0.25, -0.2) is 14.7 Å². The van der Waals surface area contributed by atoms with Crippen LogP contribution in [0.2, 0.25) is 0 Å². The SMILES string of the molecule is O=C1c2cccc3c(N4CCOCC4)ccc(c23)C(=O)N1c1ccc(N(c2ccc(N3C(=O)c4cccc5c(N6CCOCC6)ccc(c45)C3=O)cc2)c2ccc(N3C(=O)c4cccc5c(N6CCOCC6)ccc(c45)C3=O)cc2)cc1. The normalized spacial score (nSPS) is 17.3. The monoisotopic (exact) mass is 1090 g/mol. The maximum Gasteiger partial charge on any atom is 0.265 e. The van der Waals surface area contributed by atoms with E-state index >= 15 is 0 Å². The molecule has 0 unspecified atom stereocenters. The Morgan fingerprint density at radius 1 is 0.280 bits per heavy atom. The molecule has 0 N–H and O–H groups in total. The van der Waals surface area contributed by atoms with E-state index in [2.05, 4.69) is 14.7 Å². The van der Waals surface area contributed by atoms with E-state index in [-0.39, 0.29) is 0 Å². The van der Waals surface area contributed by atoms with Crippen LogP contribution in [0.5, 0.6) is 0 Å². The van der Waals surface area contributed by atoms with Crippen molar-refractivity contribution in [3.8, 4) is 0 Å². The fraction of sp³-hybridized carbons (Fsp3) is 0.182. The summed E-state index contributed by atoms with van der Waals surface area (Å²) in [4.78, 5) is 99.4. The largest absolute Gasteiger partial charge is 0.378 e. The number of hydrogen-bond donors (Lipinski definition) is 0. The number of imide groups is 3. The molecule has 0 spiro atoms. The minimum absolute atomic E-state index is 0.369. The molecule has 0 bridgehead atoms. The molecule has 0 atom stereocenters. The van der Waals surface area contributed by atoms with Crippen molar-refractivity contribution in [2.75, 3.05) is 113 Å². The average Bonchev–Trinajstić information content (AvgIpc) is 2.68. The van der Waals surface area contributed by atoms with E-state index in [0.717, 1.165) is 33.2 Å². The summed E-state index contributed by atoms with van der Waals surface area (Å²) in [5.41, 5.74) is 8.43. The van der Waals surface area contributed by atoms with Crippen LogP contribution in [0.3, 0.4) is 0 Å². The Hall–Kier alpha value is -9.74. The van der Waals surface area contributed by atoms with Crippen molar-refractivity contribution >= 4 is 119 Å². The lowest BCUT2D eigenvalue weighted by Gasteiger charge is -2.33. The van der Waals surface area contributed by atoms with Crippen LogP contribution in [0.15, 0.2) is 164 Å². The number of rotatable bonds is 9. The standard InChI is InChI=1S/C66H51N7O9/c74-61-49-7-1-4-46-55(67-28-34-80-35-29-67)25-22-52(58(46)49)64(77)71(61)43-16-10-40(11-17-43)70(41-12-18-44(19-13-41)72-62(75)50-8-2-5-47-56(68-30-36-81-37-31-68)26-23-53(59(47)50)65(72)78)42-14-20-45(21-15-42)73-63(76)51-9-3-6-48-57(69-32-38-82-39-33-69)27-24-54(60(48)51)66(73)79/h1-27H,28-39H2. The van der Waals surface area contributed by atoms with Crippen LogP contribution < -0.4 is 34.3 Å². The molecule has 3 saturated heterocycles. The van der Waals surface area contributed by atoms with E-state index in [1.807, 2.05) is 95.9 Å². The molecule has 9 aromatic rings. The molecule has 0 aromatic heterocycles. The third-order valence-electron chi connectivity index (χ3n) is 16.8. The molecule has 16 heteroatoms. The predicted molar refractivity (Wildman–Crippen MR) is 315 cm³/mol. The van der Waals surface area contributed by atoms with Crippen LogP contribution in [0.4, 0.5) is 51.2 Å². The third kappa shape index (κ3) is 7.70. The summed E-state index contributed by atoms with van der Waals surface area (Å²) in [6.45, 7) is 7.75. The summed E-state index contributed by atoms with van der Waals surface area (Å²) in [7, 11) is 0. The van der Waals surface area contributed by atoms with Gasteiger partial charge in [-0.3, -0.25) is 28.8 Å². The van der Waals surface area contributed by atoms with E-state index < -0.39 is 35.4 Å². The molecule has 0 radical (unpaired) electrons. The maximum atomic E-state index is 14.5. The zero-order chi connectivity index (χ0) is 55.3. The summed E-state index contributed by atoms with van der Waals surface area (Å²) < 4.78 is 16.8. The number of carbonyl (C=O) groups excluding carboxylic acids is 6. The Labute approximate surface area is 470 Å². The van der Waals surface area contributed by atoms with Gasteiger partial charge in [0.15, 0.2) is 0 Å². The number of anilines is 9. The highest BCUT2D eigenvalue weighted by Gasteiger charge is 2.39. The van der Waals surface area contributed by atoms with Crippen molar-refractivity contribution in [2.24, 2.45) is 0 Å². The average molecular weight is 1090 g/mol. The molecular weight excluding hydrogens is 1030 g/mol. The number of nitrogens with zero attached hydrogens (tertiary/aromatic N) is 7. The van der Waals surface area contributed by atoms with Crippen LogP contribution in [0.1, 0.15) is 62.1 Å². The first-order valence-corrected chi connectivity index (χ1v) is 27.6. The van der Waals surface area contributed by atoms with E-state index in [0.29, 0.717) is 163 Å². The summed E-state index contributed by atoms with van der Waals surface area (Å²) >= 11 is 0. The van der Waals surface area contributed by atoms with Crippen molar-refractivity contribution in [3.63, 3.8) is 0 Å². The summed E-state index contributed by atoms with van der Waals surface area (Å²) in [6, 6.07) is 49.3. The molecule has 0 aliphatic carbocycles. The molecular formula is C66H51N7O9. The second kappa shape index (κ2) is 19.5. The molecule has 6 aliphatic heterocycles. The van der Waals surface area contributed by atoms with Crippen molar-refractivity contribution in [1.82, 2.24) is 0 Å². The molecule has 6 amide bonds. The molecule has 404 valence electrons. The van der Waals surface area contributed by atoms with Gasteiger partial charge in [0.1, 0.15) is 0 Å². The fourth-order valence-electron chi connectivity index (χ4n) is 12.9. The van der Waals surface area contributed by atoms with Gasteiger partial charge in [0.05, 0.1) is 56.7 Å². The minimum Gasteiger partial charge on any atom is -0.378 e. The number of ether oxygens (including phenoxy) is 3. The third-order valence-corrected chi connectivity index (χ3v) is 16.8. The topological polar surface area (TPSA) is 153 Å². The number of benzene rings is 9. The molecule has 0 saturated carbocycles. The fourth-order valence-corrected chi connectivity index (χ4v) is 12.9. The second-order valence-electron chi connectivity index (χ2n) is 21.1.